The zero-order valence-corrected chi connectivity index (χ0v) is 17.0. The van der Waals surface area contributed by atoms with Crippen LogP contribution < -0.4 is 10.5 Å². The Bertz CT molecular complexity index is 1050. The van der Waals surface area contributed by atoms with Crippen molar-refractivity contribution in [2.75, 3.05) is 5.73 Å². The van der Waals surface area contributed by atoms with Crippen molar-refractivity contribution in [3.05, 3.63) is 59.2 Å². The molecule has 1 aliphatic rings. The van der Waals surface area contributed by atoms with E-state index in [-0.39, 0.29) is 5.60 Å². The lowest BCUT2D eigenvalue weighted by Crippen LogP contribution is -2.28. The van der Waals surface area contributed by atoms with Crippen LogP contribution in [0, 0.1) is 6.92 Å². The molecule has 0 unspecified atom stereocenters. The molecule has 2 aromatic carbocycles. The number of aromatic nitrogens is 1. The summed E-state index contributed by atoms with van der Waals surface area (Å²) in [5, 5.41) is 0.571. The van der Waals surface area contributed by atoms with Crippen molar-refractivity contribution in [2.24, 2.45) is 0 Å². The number of rotatable bonds is 3. The maximum absolute atomic E-state index is 6.37. The summed E-state index contributed by atoms with van der Waals surface area (Å²) in [7, 11) is 0. The zero-order chi connectivity index (χ0) is 19.2. The van der Waals surface area contributed by atoms with Crippen LogP contribution in [0.5, 0.6) is 5.75 Å². The Morgan fingerprint density at radius 3 is 2.78 bits per heavy atom. The predicted molar refractivity (Wildman–Crippen MR) is 115 cm³/mol. The van der Waals surface area contributed by atoms with Gasteiger partial charge in [0, 0.05) is 11.1 Å². The van der Waals surface area contributed by atoms with Crippen LogP contribution in [0.1, 0.15) is 37.5 Å². The molecule has 27 heavy (non-hydrogen) atoms. The SMILES string of the molecule is CCc1cccc(-c2sc(N)nc2-c2ccc(C)c3c2OC(C)(C)C=C3)c1. The highest BCUT2D eigenvalue weighted by molar-refractivity contribution is 7.19. The monoisotopic (exact) mass is 376 g/mol. The first-order valence-electron chi connectivity index (χ1n) is 9.26. The van der Waals surface area contributed by atoms with Crippen LogP contribution in [-0.4, -0.2) is 10.6 Å². The van der Waals surface area contributed by atoms with Gasteiger partial charge in [-0.3, -0.25) is 0 Å². The average molecular weight is 377 g/mol. The molecule has 2 N–H and O–H groups in total. The lowest BCUT2D eigenvalue weighted by atomic mass is 9.94. The van der Waals surface area contributed by atoms with E-state index in [9.17, 15) is 0 Å². The molecule has 0 amide bonds. The number of nitrogens with two attached hydrogens (primary N) is 1. The van der Waals surface area contributed by atoms with E-state index < -0.39 is 0 Å². The fourth-order valence-electron chi connectivity index (χ4n) is 3.43. The highest BCUT2D eigenvalue weighted by Gasteiger charge is 2.27. The molecule has 0 radical (unpaired) electrons. The minimum Gasteiger partial charge on any atom is -0.482 e. The van der Waals surface area contributed by atoms with E-state index in [0.29, 0.717) is 5.13 Å². The number of hydrogen-bond acceptors (Lipinski definition) is 4. The summed E-state index contributed by atoms with van der Waals surface area (Å²) in [6.07, 6.45) is 5.26. The van der Waals surface area contributed by atoms with Crippen molar-refractivity contribution in [3.8, 4) is 27.4 Å². The molecular weight excluding hydrogens is 352 g/mol. The normalized spacial score (nSPS) is 14.7. The first-order valence-corrected chi connectivity index (χ1v) is 10.1. The van der Waals surface area contributed by atoms with Crippen molar-refractivity contribution >= 4 is 22.5 Å². The maximum atomic E-state index is 6.37. The first kappa shape index (κ1) is 17.8. The van der Waals surface area contributed by atoms with E-state index in [1.54, 1.807) is 0 Å². The minimum atomic E-state index is -0.348. The zero-order valence-electron chi connectivity index (χ0n) is 16.2. The smallest absolute Gasteiger partial charge is 0.181 e. The van der Waals surface area contributed by atoms with Crippen LogP contribution in [0.2, 0.25) is 0 Å². The van der Waals surface area contributed by atoms with Crippen molar-refractivity contribution in [1.29, 1.82) is 0 Å². The van der Waals surface area contributed by atoms with E-state index >= 15 is 0 Å². The second-order valence-electron chi connectivity index (χ2n) is 7.50. The van der Waals surface area contributed by atoms with E-state index in [1.165, 1.54) is 22.5 Å². The standard InChI is InChI=1S/C23H24N2OS/c1-5-15-7-6-8-16(13-15)21-19(25-22(24)27-21)18-10-9-14(2)17-11-12-23(3,4)26-20(17)18/h6-13H,5H2,1-4H3,(H2,24,25). The maximum Gasteiger partial charge on any atom is 0.181 e. The van der Waals surface area contributed by atoms with Gasteiger partial charge in [-0.15, -0.1) is 0 Å². The van der Waals surface area contributed by atoms with Crippen LogP contribution in [0.25, 0.3) is 27.8 Å². The summed E-state index contributed by atoms with van der Waals surface area (Å²) in [5.74, 6) is 0.890. The van der Waals surface area contributed by atoms with Gasteiger partial charge in [-0.25, -0.2) is 4.98 Å². The molecule has 0 spiro atoms. The number of fused-ring (bicyclic) bond motifs is 1. The molecule has 0 saturated heterocycles. The van der Waals surface area contributed by atoms with Gasteiger partial charge in [0.05, 0.1) is 10.6 Å². The summed E-state index contributed by atoms with van der Waals surface area (Å²) in [5.41, 5.74) is 12.4. The quantitative estimate of drug-likeness (QED) is 0.599. The van der Waals surface area contributed by atoms with E-state index in [0.717, 1.165) is 39.4 Å². The third kappa shape index (κ3) is 3.26. The number of nitrogens with zero attached hydrogens (tertiary/aromatic N) is 1. The molecule has 0 saturated carbocycles. The van der Waals surface area contributed by atoms with Crippen LogP contribution >= 0.6 is 11.3 Å². The lowest BCUT2D eigenvalue weighted by molar-refractivity contribution is 0.160. The third-order valence-electron chi connectivity index (χ3n) is 4.93. The largest absolute Gasteiger partial charge is 0.482 e. The number of anilines is 1. The Morgan fingerprint density at radius 1 is 1.19 bits per heavy atom. The van der Waals surface area contributed by atoms with Gasteiger partial charge in [-0.1, -0.05) is 54.7 Å². The molecule has 4 rings (SSSR count). The molecule has 3 aromatic rings. The van der Waals surface area contributed by atoms with Crippen LogP contribution in [-0.2, 0) is 6.42 Å². The second kappa shape index (κ2) is 6.54. The Hall–Kier alpha value is -2.59. The van der Waals surface area contributed by atoms with Crippen LogP contribution in [0.4, 0.5) is 5.13 Å². The van der Waals surface area contributed by atoms with Gasteiger partial charge in [-0.2, -0.15) is 0 Å². The summed E-state index contributed by atoms with van der Waals surface area (Å²) in [4.78, 5) is 5.78. The Balaban J connectivity index is 1.93. The molecule has 2 heterocycles. The number of thiazole rings is 1. The fourth-order valence-corrected chi connectivity index (χ4v) is 4.27. The third-order valence-corrected chi connectivity index (χ3v) is 5.86. The second-order valence-corrected chi connectivity index (χ2v) is 8.53. The van der Waals surface area contributed by atoms with Crippen LogP contribution in [0.3, 0.4) is 0 Å². The van der Waals surface area contributed by atoms with Gasteiger partial charge in [0.1, 0.15) is 11.4 Å². The Morgan fingerprint density at radius 2 is 2.00 bits per heavy atom. The minimum absolute atomic E-state index is 0.348. The Labute approximate surface area is 164 Å². The molecule has 138 valence electrons. The molecule has 0 fully saturated rings. The summed E-state index contributed by atoms with van der Waals surface area (Å²) in [6.45, 7) is 8.41. The van der Waals surface area contributed by atoms with Gasteiger partial charge in [0.2, 0.25) is 0 Å². The van der Waals surface area contributed by atoms with E-state index in [2.05, 4.69) is 76.2 Å². The molecule has 0 bridgehead atoms. The van der Waals surface area contributed by atoms with Crippen molar-refractivity contribution in [2.45, 2.75) is 39.7 Å². The van der Waals surface area contributed by atoms with Crippen LogP contribution in [0.15, 0.2) is 42.5 Å². The van der Waals surface area contributed by atoms with Gasteiger partial charge < -0.3 is 10.5 Å². The topological polar surface area (TPSA) is 48.1 Å². The van der Waals surface area contributed by atoms with Crippen molar-refractivity contribution in [1.82, 2.24) is 4.98 Å². The fraction of sp³-hybridized carbons (Fsp3) is 0.261. The highest BCUT2D eigenvalue weighted by Crippen LogP contribution is 2.46. The molecular formula is C23H24N2OS. The summed E-state index contributed by atoms with van der Waals surface area (Å²) in [6, 6.07) is 12.8. The van der Waals surface area contributed by atoms with Gasteiger partial charge in [-0.05, 0) is 56.0 Å². The Kier molecular flexibility index (Phi) is 4.31. The molecule has 3 nitrogen and oxygen atoms in total. The number of nitrogen functional groups attached to an aromatic ring is 1. The number of ether oxygens (including phenoxy) is 1. The summed E-state index contributed by atoms with van der Waals surface area (Å²) < 4.78 is 6.37. The molecule has 1 aromatic heterocycles. The van der Waals surface area contributed by atoms with Gasteiger partial charge in [0.15, 0.2) is 5.13 Å². The molecule has 4 heteroatoms. The summed E-state index contributed by atoms with van der Waals surface area (Å²) >= 11 is 1.53. The van der Waals surface area contributed by atoms with Crippen molar-refractivity contribution in [3.63, 3.8) is 0 Å². The molecule has 0 aliphatic carbocycles. The van der Waals surface area contributed by atoms with E-state index in [1.807, 2.05) is 0 Å². The van der Waals surface area contributed by atoms with Crippen molar-refractivity contribution < 1.29 is 4.74 Å². The van der Waals surface area contributed by atoms with Gasteiger partial charge >= 0.3 is 0 Å². The first-order chi connectivity index (χ1) is 12.9. The highest BCUT2D eigenvalue weighted by atomic mass is 32.1. The number of benzene rings is 2. The molecule has 1 aliphatic heterocycles. The van der Waals surface area contributed by atoms with E-state index in [4.69, 9.17) is 15.5 Å². The lowest BCUT2D eigenvalue weighted by Gasteiger charge is -2.30. The number of aryl methyl sites for hydroxylation is 2. The van der Waals surface area contributed by atoms with Gasteiger partial charge in [0.25, 0.3) is 0 Å². The average Bonchev–Trinajstić information content (AvgIpc) is 3.02. The molecule has 0 atom stereocenters. The number of hydrogen-bond donors (Lipinski definition) is 1. The predicted octanol–water partition coefficient (Wildman–Crippen LogP) is 6.11.